The Morgan fingerprint density at radius 1 is 1.20 bits per heavy atom. The molecule has 1 aromatic carbocycles. The number of nitriles is 1. The molecule has 8 heteroatoms. The van der Waals surface area contributed by atoms with Gasteiger partial charge in [-0.15, -0.1) is 0 Å². The molecule has 0 aliphatic heterocycles. The third-order valence-corrected chi connectivity index (χ3v) is 5.07. The van der Waals surface area contributed by atoms with E-state index in [1.54, 1.807) is 56.5 Å². The standard InChI is InChI=1S/C22H22ClN3O4/c1-5-29-17(27)11-26-18-13(7-9-15(23)20(18)30-6-2)19(28)14-8-10-16(25-21(14)26)22(3,4)12-24/h7-10H,5-6,11H2,1-4H3. The summed E-state index contributed by atoms with van der Waals surface area (Å²) < 4.78 is 12.4. The van der Waals surface area contributed by atoms with Gasteiger partial charge < -0.3 is 14.0 Å². The van der Waals surface area contributed by atoms with Crippen molar-refractivity contribution in [2.24, 2.45) is 0 Å². The largest absolute Gasteiger partial charge is 0.490 e. The van der Waals surface area contributed by atoms with Gasteiger partial charge in [0.05, 0.1) is 51.7 Å². The summed E-state index contributed by atoms with van der Waals surface area (Å²) in [5.74, 6) is -0.190. The Morgan fingerprint density at radius 3 is 2.53 bits per heavy atom. The van der Waals surface area contributed by atoms with Gasteiger partial charge in [-0.05, 0) is 52.0 Å². The molecule has 0 fully saturated rings. The van der Waals surface area contributed by atoms with Crippen LogP contribution in [0.15, 0.2) is 29.1 Å². The summed E-state index contributed by atoms with van der Waals surface area (Å²) in [5.41, 5.74) is -0.0234. The molecule has 2 aromatic heterocycles. The minimum Gasteiger partial charge on any atom is -0.490 e. The van der Waals surface area contributed by atoms with Crippen molar-refractivity contribution >= 4 is 39.5 Å². The van der Waals surface area contributed by atoms with Crippen LogP contribution in [-0.2, 0) is 21.5 Å². The summed E-state index contributed by atoms with van der Waals surface area (Å²) in [7, 11) is 0. The fourth-order valence-corrected chi connectivity index (χ4v) is 3.46. The van der Waals surface area contributed by atoms with Gasteiger partial charge in [0.1, 0.15) is 12.2 Å². The first kappa shape index (κ1) is 21.6. The van der Waals surface area contributed by atoms with Crippen molar-refractivity contribution in [2.75, 3.05) is 13.2 Å². The Kier molecular flexibility index (Phi) is 5.99. The molecule has 0 aliphatic carbocycles. The van der Waals surface area contributed by atoms with Gasteiger partial charge in [-0.2, -0.15) is 5.26 Å². The third kappa shape index (κ3) is 3.71. The van der Waals surface area contributed by atoms with Crippen LogP contribution in [0.4, 0.5) is 0 Å². The van der Waals surface area contributed by atoms with E-state index in [2.05, 4.69) is 11.1 Å². The third-order valence-electron chi connectivity index (χ3n) is 4.77. The highest BCUT2D eigenvalue weighted by molar-refractivity contribution is 6.33. The second kappa shape index (κ2) is 8.33. The Hall–Kier alpha value is -3.11. The van der Waals surface area contributed by atoms with Gasteiger partial charge in [0, 0.05) is 0 Å². The van der Waals surface area contributed by atoms with Gasteiger partial charge >= 0.3 is 5.97 Å². The Morgan fingerprint density at radius 2 is 1.90 bits per heavy atom. The highest BCUT2D eigenvalue weighted by atomic mass is 35.5. The van der Waals surface area contributed by atoms with Crippen LogP contribution in [0.5, 0.6) is 5.75 Å². The van der Waals surface area contributed by atoms with Gasteiger partial charge in [-0.1, -0.05) is 11.6 Å². The molecule has 0 radical (unpaired) electrons. The molecular weight excluding hydrogens is 406 g/mol. The zero-order valence-corrected chi connectivity index (χ0v) is 18.0. The highest BCUT2D eigenvalue weighted by Crippen LogP contribution is 2.34. The zero-order valence-electron chi connectivity index (χ0n) is 17.3. The summed E-state index contributed by atoms with van der Waals surface area (Å²) in [6.07, 6.45) is 0. The van der Waals surface area contributed by atoms with E-state index in [1.165, 1.54) is 0 Å². The summed E-state index contributed by atoms with van der Waals surface area (Å²) in [6, 6.07) is 8.70. The maximum absolute atomic E-state index is 13.2. The maximum Gasteiger partial charge on any atom is 0.326 e. The summed E-state index contributed by atoms with van der Waals surface area (Å²) in [4.78, 5) is 30.2. The number of esters is 1. The number of hydrogen-bond acceptors (Lipinski definition) is 6. The van der Waals surface area contributed by atoms with Crippen LogP contribution in [0.1, 0.15) is 33.4 Å². The minimum absolute atomic E-state index is 0.190. The van der Waals surface area contributed by atoms with E-state index in [-0.39, 0.29) is 24.2 Å². The van der Waals surface area contributed by atoms with E-state index in [0.717, 1.165) is 0 Å². The van der Waals surface area contributed by atoms with E-state index in [0.29, 0.717) is 39.4 Å². The van der Waals surface area contributed by atoms with E-state index >= 15 is 0 Å². The number of aromatic nitrogens is 2. The monoisotopic (exact) mass is 427 g/mol. The lowest BCUT2D eigenvalue weighted by Gasteiger charge is -2.20. The smallest absolute Gasteiger partial charge is 0.326 e. The first-order valence-electron chi connectivity index (χ1n) is 9.61. The number of ether oxygens (including phenoxy) is 2. The van der Waals surface area contributed by atoms with Crippen LogP contribution in [0, 0.1) is 11.3 Å². The lowest BCUT2D eigenvalue weighted by atomic mass is 9.90. The van der Waals surface area contributed by atoms with E-state index in [4.69, 9.17) is 21.1 Å². The van der Waals surface area contributed by atoms with Crippen molar-refractivity contribution in [3.05, 3.63) is 45.2 Å². The molecule has 0 atom stereocenters. The first-order valence-corrected chi connectivity index (χ1v) is 9.98. The number of nitrogens with zero attached hydrogens (tertiary/aromatic N) is 3. The van der Waals surface area contributed by atoms with Crippen LogP contribution in [-0.4, -0.2) is 28.7 Å². The molecule has 0 saturated carbocycles. The lowest BCUT2D eigenvalue weighted by molar-refractivity contribution is -0.143. The number of carbonyl (C=O) groups excluding carboxylic acids is 1. The summed E-state index contributed by atoms with van der Waals surface area (Å²) in [5, 5.41) is 10.5. The van der Waals surface area contributed by atoms with Gasteiger partial charge in [-0.3, -0.25) is 9.59 Å². The number of benzene rings is 1. The Bertz CT molecular complexity index is 1240. The molecular formula is C22H22ClN3O4. The molecule has 0 amide bonds. The molecule has 0 bridgehead atoms. The highest BCUT2D eigenvalue weighted by Gasteiger charge is 2.25. The molecule has 0 saturated heterocycles. The zero-order chi connectivity index (χ0) is 22.1. The average Bonchev–Trinajstić information content (AvgIpc) is 2.72. The van der Waals surface area contributed by atoms with Gasteiger partial charge in [0.25, 0.3) is 0 Å². The SMILES string of the molecule is CCOC(=O)Cn1c2nc(C(C)(C)C#N)ccc2c(=O)c2ccc(Cl)c(OCC)c21. The fraction of sp³-hybridized carbons (Fsp3) is 0.364. The molecule has 0 aliphatic rings. The predicted molar refractivity (Wildman–Crippen MR) is 115 cm³/mol. The molecule has 2 heterocycles. The number of carbonyl (C=O) groups is 1. The van der Waals surface area contributed by atoms with Crippen LogP contribution in [0.3, 0.4) is 0 Å². The topological polar surface area (TPSA) is 94.2 Å². The number of fused-ring (bicyclic) bond motifs is 2. The second-order valence-electron chi connectivity index (χ2n) is 7.23. The van der Waals surface area contributed by atoms with Crippen molar-refractivity contribution in [3.8, 4) is 11.8 Å². The minimum atomic E-state index is -0.884. The Balaban J connectivity index is 2.50. The summed E-state index contributed by atoms with van der Waals surface area (Å²) in [6.45, 7) is 7.33. The van der Waals surface area contributed by atoms with Crippen LogP contribution in [0.2, 0.25) is 5.02 Å². The quantitative estimate of drug-likeness (QED) is 0.436. The van der Waals surface area contributed by atoms with Crippen LogP contribution >= 0.6 is 11.6 Å². The number of halogens is 1. The van der Waals surface area contributed by atoms with Crippen LogP contribution < -0.4 is 10.2 Å². The van der Waals surface area contributed by atoms with E-state index < -0.39 is 11.4 Å². The van der Waals surface area contributed by atoms with Crippen molar-refractivity contribution in [1.29, 1.82) is 5.26 Å². The molecule has 0 unspecified atom stereocenters. The fourth-order valence-electron chi connectivity index (χ4n) is 3.26. The predicted octanol–water partition coefficient (Wildman–Crippen LogP) is 3.97. The van der Waals surface area contributed by atoms with Crippen molar-refractivity contribution in [1.82, 2.24) is 9.55 Å². The van der Waals surface area contributed by atoms with Crippen molar-refractivity contribution < 1.29 is 14.3 Å². The Labute approximate surface area is 178 Å². The van der Waals surface area contributed by atoms with Gasteiger partial charge in [-0.25, -0.2) is 4.98 Å². The maximum atomic E-state index is 13.2. The van der Waals surface area contributed by atoms with Gasteiger partial charge in [0.2, 0.25) is 0 Å². The second-order valence-corrected chi connectivity index (χ2v) is 7.64. The molecule has 3 rings (SSSR count). The van der Waals surface area contributed by atoms with E-state index in [1.807, 2.05) is 0 Å². The molecule has 7 nitrogen and oxygen atoms in total. The lowest BCUT2D eigenvalue weighted by Crippen LogP contribution is -2.22. The van der Waals surface area contributed by atoms with Crippen LogP contribution in [0.25, 0.3) is 21.9 Å². The number of hydrogen-bond donors (Lipinski definition) is 0. The van der Waals surface area contributed by atoms with Crippen molar-refractivity contribution in [3.63, 3.8) is 0 Å². The number of pyridine rings is 2. The first-order chi connectivity index (χ1) is 14.2. The molecule has 0 spiro atoms. The number of rotatable bonds is 6. The molecule has 3 aromatic rings. The average molecular weight is 428 g/mol. The van der Waals surface area contributed by atoms with E-state index in [9.17, 15) is 14.9 Å². The summed E-state index contributed by atoms with van der Waals surface area (Å²) >= 11 is 6.36. The van der Waals surface area contributed by atoms with Crippen molar-refractivity contribution in [2.45, 2.75) is 39.7 Å². The van der Waals surface area contributed by atoms with Gasteiger partial charge in [0.15, 0.2) is 11.2 Å². The molecule has 0 N–H and O–H groups in total. The molecule has 156 valence electrons. The molecule has 30 heavy (non-hydrogen) atoms. The normalized spacial score (nSPS) is 11.5.